The highest BCUT2D eigenvalue weighted by Crippen LogP contribution is 1.87. The van der Waals surface area contributed by atoms with E-state index in [0.29, 0.717) is 19.5 Å². The monoisotopic (exact) mass is 222 g/mol. The molecule has 4 nitrogen and oxygen atoms in total. The van der Waals surface area contributed by atoms with Gasteiger partial charge in [0.1, 0.15) is 5.21 Å². The summed E-state index contributed by atoms with van der Waals surface area (Å²) in [7, 11) is -3.23. The molecule has 0 rings (SSSR count). The third-order valence-electron chi connectivity index (χ3n) is 0.847. The summed E-state index contributed by atoms with van der Waals surface area (Å²) in [5.74, 6) is 0. The highest BCUT2D eigenvalue weighted by molar-refractivity contribution is 7.90. The van der Waals surface area contributed by atoms with E-state index in [1.807, 2.05) is 0 Å². The van der Waals surface area contributed by atoms with Crippen LogP contribution in [0.4, 0.5) is 0 Å². The van der Waals surface area contributed by atoms with Crippen LogP contribution in [-0.4, -0.2) is 26.7 Å². The Hall–Kier alpha value is 0.450. The zero-order chi connectivity index (χ0) is 8.04. The fourth-order valence-corrected chi connectivity index (χ4v) is 1.13. The largest absolute Gasteiger partial charge is 0.330 e. The first-order chi connectivity index (χ1) is 4.62. The predicted octanol–water partition coefficient (Wildman–Crippen LogP) is -0.127. The summed E-state index contributed by atoms with van der Waals surface area (Å²) in [6, 6.07) is 0. The van der Waals surface area contributed by atoms with E-state index in [1.54, 1.807) is 0 Å². The normalized spacial score (nSPS) is 10.7. The van der Waals surface area contributed by atoms with Crippen molar-refractivity contribution >= 4 is 34.0 Å². The van der Waals surface area contributed by atoms with Gasteiger partial charge in [-0.3, -0.25) is 0 Å². The van der Waals surface area contributed by atoms with Crippen LogP contribution in [0.15, 0.2) is 0 Å². The van der Waals surface area contributed by atoms with Crippen molar-refractivity contribution in [3.8, 4) is 0 Å². The number of hydrogen-bond acceptors (Lipinski definition) is 3. The van der Waals surface area contributed by atoms with Crippen LogP contribution in [0.5, 0.6) is 0 Å². The van der Waals surface area contributed by atoms with Crippen molar-refractivity contribution < 1.29 is 8.42 Å². The summed E-state index contributed by atoms with van der Waals surface area (Å²) >= 11 is 5.09. The fraction of sp³-hybridized carbons (Fsp3) is 1.00. The molecule has 0 heterocycles. The number of rotatable bonds is 5. The van der Waals surface area contributed by atoms with Crippen LogP contribution in [0.2, 0.25) is 0 Å². The first kappa shape index (κ1) is 14.0. The second-order valence-electron chi connectivity index (χ2n) is 1.76. The Kier molecular flexibility index (Phi) is 9.06. The number of nitrogens with two attached hydrogens (primary N) is 1. The van der Waals surface area contributed by atoms with Gasteiger partial charge in [-0.15, -0.1) is 24.0 Å². The summed E-state index contributed by atoms with van der Waals surface area (Å²) in [5.41, 5.74) is 5.13. The SMILES string of the molecule is Cl.NCCCNS(=O)(=O)CCl. The van der Waals surface area contributed by atoms with Crippen LogP contribution in [0, 0.1) is 0 Å². The molecule has 0 aromatic heterocycles. The number of halogens is 2. The van der Waals surface area contributed by atoms with Crippen LogP contribution in [-0.2, 0) is 10.0 Å². The Morgan fingerprint density at radius 3 is 2.36 bits per heavy atom. The first-order valence-corrected chi connectivity index (χ1v) is 5.04. The Morgan fingerprint density at radius 2 is 2.00 bits per heavy atom. The minimum Gasteiger partial charge on any atom is -0.330 e. The van der Waals surface area contributed by atoms with Crippen molar-refractivity contribution in [3.63, 3.8) is 0 Å². The topological polar surface area (TPSA) is 72.2 Å². The molecule has 70 valence electrons. The Labute approximate surface area is 77.9 Å². The van der Waals surface area contributed by atoms with E-state index in [2.05, 4.69) is 4.72 Å². The lowest BCUT2D eigenvalue weighted by molar-refractivity contribution is 0.584. The zero-order valence-corrected chi connectivity index (χ0v) is 8.31. The van der Waals surface area contributed by atoms with Gasteiger partial charge in [-0.25, -0.2) is 13.1 Å². The Bertz CT molecular complexity index is 171. The lowest BCUT2D eigenvalue weighted by atomic mass is 10.4. The molecule has 0 radical (unpaired) electrons. The maximum Gasteiger partial charge on any atom is 0.225 e. The van der Waals surface area contributed by atoms with Gasteiger partial charge < -0.3 is 5.73 Å². The molecular weight excluding hydrogens is 211 g/mol. The molecule has 11 heavy (non-hydrogen) atoms. The first-order valence-electron chi connectivity index (χ1n) is 2.86. The van der Waals surface area contributed by atoms with Gasteiger partial charge in [0.05, 0.1) is 0 Å². The number of alkyl halides is 1. The summed E-state index contributed by atoms with van der Waals surface area (Å²) < 4.78 is 23.5. The lowest BCUT2D eigenvalue weighted by Gasteiger charge is -2.00. The van der Waals surface area contributed by atoms with Gasteiger partial charge in [0.25, 0.3) is 0 Å². The molecule has 7 heteroatoms. The number of nitrogens with one attached hydrogen (secondary N) is 1. The summed E-state index contributed by atoms with van der Waals surface area (Å²) in [6.07, 6.45) is 0.635. The maximum absolute atomic E-state index is 10.6. The molecule has 0 saturated carbocycles. The molecule has 0 aliphatic rings. The van der Waals surface area contributed by atoms with E-state index in [1.165, 1.54) is 0 Å². The van der Waals surface area contributed by atoms with Gasteiger partial charge in [-0.2, -0.15) is 0 Å². The molecule has 3 N–H and O–H groups in total. The van der Waals surface area contributed by atoms with Crippen molar-refractivity contribution in [2.24, 2.45) is 5.73 Å². The average Bonchev–Trinajstić information content (AvgIpc) is 1.89. The lowest BCUT2D eigenvalue weighted by Crippen LogP contribution is -2.26. The van der Waals surface area contributed by atoms with Crippen LogP contribution in [0.25, 0.3) is 0 Å². The third-order valence-corrected chi connectivity index (χ3v) is 2.64. The standard InChI is InChI=1S/C4H11ClN2O2S.ClH/c5-4-10(8,9)7-3-1-2-6;/h7H,1-4,6H2;1H. The van der Waals surface area contributed by atoms with Crippen LogP contribution in [0.3, 0.4) is 0 Å². The second-order valence-corrected chi connectivity index (χ2v) is 4.15. The van der Waals surface area contributed by atoms with E-state index in [-0.39, 0.29) is 12.4 Å². The average molecular weight is 223 g/mol. The quantitative estimate of drug-likeness (QED) is 0.503. The molecule has 0 unspecified atom stereocenters. The van der Waals surface area contributed by atoms with Gasteiger partial charge >= 0.3 is 0 Å². The smallest absolute Gasteiger partial charge is 0.225 e. The molecule has 0 aliphatic heterocycles. The van der Waals surface area contributed by atoms with E-state index in [9.17, 15) is 8.42 Å². The predicted molar refractivity (Wildman–Crippen MR) is 48.6 cm³/mol. The minimum absolute atomic E-state index is 0. The van der Waals surface area contributed by atoms with Crippen molar-refractivity contribution in [1.29, 1.82) is 0 Å². The fourth-order valence-electron chi connectivity index (χ4n) is 0.368. The summed E-state index contributed by atoms with van der Waals surface area (Å²) in [5, 5.41) is -0.391. The van der Waals surface area contributed by atoms with Gasteiger partial charge in [-0.1, -0.05) is 0 Å². The van der Waals surface area contributed by atoms with Crippen LogP contribution < -0.4 is 10.5 Å². The Balaban J connectivity index is 0. The molecule has 0 atom stereocenters. The van der Waals surface area contributed by atoms with E-state index in [4.69, 9.17) is 17.3 Å². The molecule has 0 spiro atoms. The van der Waals surface area contributed by atoms with Crippen molar-refractivity contribution in [3.05, 3.63) is 0 Å². The minimum atomic E-state index is -3.23. The van der Waals surface area contributed by atoms with Crippen LogP contribution in [0.1, 0.15) is 6.42 Å². The highest BCUT2D eigenvalue weighted by Gasteiger charge is 2.04. The van der Waals surface area contributed by atoms with Gasteiger partial charge in [0.2, 0.25) is 10.0 Å². The van der Waals surface area contributed by atoms with E-state index < -0.39 is 15.2 Å². The van der Waals surface area contributed by atoms with E-state index in [0.717, 1.165) is 0 Å². The summed E-state index contributed by atoms with van der Waals surface area (Å²) in [6.45, 7) is 0.844. The highest BCUT2D eigenvalue weighted by atomic mass is 35.5. The molecule has 0 fully saturated rings. The molecule has 0 aromatic carbocycles. The van der Waals surface area contributed by atoms with Crippen molar-refractivity contribution in [2.45, 2.75) is 6.42 Å². The molecule has 0 aromatic rings. The Morgan fingerprint density at radius 1 is 1.45 bits per heavy atom. The van der Waals surface area contributed by atoms with Crippen molar-refractivity contribution in [2.75, 3.05) is 18.3 Å². The third kappa shape index (κ3) is 8.36. The van der Waals surface area contributed by atoms with Gasteiger partial charge in [-0.05, 0) is 13.0 Å². The molecule has 0 saturated heterocycles. The zero-order valence-electron chi connectivity index (χ0n) is 5.92. The molecule has 0 aliphatic carbocycles. The molecule has 0 amide bonds. The van der Waals surface area contributed by atoms with E-state index >= 15 is 0 Å². The molecule has 0 bridgehead atoms. The van der Waals surface area contributed by atoms with Gasteiger partial charge in [0, 0.05) is 6.54 Å². The maximum atomic E-state index is 10.6. The number of hydrogen-bond donors (Lipinski definition) is 2. The summed E-state index contributed by atoms with van der Waals surface area (Å²) in [4.78, 5) is 0. The second kappa shape index (κ2) is 7.12. The number of sulfonamides is 1. The van der Waals surface area contributed by atoms with Crippen LogP contribution >= 0.6 is 24.0 Å². The molecular formula is C4H12Cl2N2O2S. The van der Waals surface area contributed by atoms with Gasteiger partial charge in [0.15, 0.2) is 0 Å². The van der Waals surface area contributed by atoms with Crippen molar-refractivity contribution in [1.82, 2.24) is 4.72 Å².